The number of hydrogen-bond acceptors (Lipinski definition) is 3. The third-order valence-electron chi connectivity index (χ3n) is 4.70. The number of halogens is 2. The van der Waals surface area contributed by atoms with E-state index in [-0.39, 0.29) is 17.5 Å². The fraction of sp³-hybridized carbons (Fsp3) is 0.600. The predicted octanol–water partition coefficient (Wildman–Crippen LogP) is 4.94. The summed E-state index contributed by atoms with van der Waals surface area (Å²) in [5.74, 6) is -0.0660. The number of alkyl carbamates (subject to hydrolysis) is 1. The van der Waals surface area contributed by atoms with E-state index in [4.69, 9.17) is 16.3 Å². The molecule has 0 saturated heterocycles. The van der Waals surface area contributed by atoms with Gasteiger partial charge in [0.05, 0.1) is 5.41 Å². The van der Waals surface area contributed by atoms with E-state index in [2.05, 4.69) is 26.6 Å². The normalized spacial score (nSPS) is 22.6. The van der Waals surface area contributed by atoms with E-state index in [1.54, 1.807) is 12.1 Å². The summed E-state index contributed by atoms with van der Waals surface area (Å²) in [5, 5.41) is 6.61. The van der Waals surface area contributed by atoms with Crippen molar-refractivity contribution in [3.63, 3.8) is 0 Å². The minimum Gasteiger partial charge on any atom is -0.444 e. The minimum atomic E-state index is -0.726. The topological polar surface area (TPSA) is 67.4 Å². The number of benzene rings is 1. The Morgan fingerprint density at radius 2 is 1.81 bits per heavy atom. The molecule has 0 spiro atoms. The van der Waals surface area contributed by atoms with E-state index in [0.717, 1.165) is 10.0 Å². The fourth-order valence-corrected chi connectivity index (χ4v) is 4.43. The van der Waals surface area contributed by atoms with Gasteiger partial charge in [0.2, 0.25) is 5.91 Å². The van der Waals surface area contributed by atoms with Crippen LogP contribution in [-0.4, -0.2) is 29.2 Å². The van der Waals surface area contributed by atoms with Gasteiger partial charge in [0, 0.05) is 21.1 Å². The maximum atomic E-state index is 13.0. The second kappa shape index (κ2) is 7.63. The van der Waals surface area contributed by atoms with Crippen LogP contribution in [0.25, 0.3) is 0 Å². The maximum Gasteiger partial charge on any atom is 0.407 e. The summed E-state index contributed by atoms with van der Waals surface area (Å²) in [4.78, 5) is 24.8. The Labute approximate surface area is 174 Å². The van der Waals surface area contributed by atoms with E-state index >= 15 is 0 Å². The molecule has 1 aromatic rings. The minimum absolute atomic E-state index is 0.00414. The van der Waals surface area contributed by atoms with Gasteiger partial charge in [-0.05, 0) is 72.1 Å². The quantitative estimate of drug-likeness (QED) is 0.670. The molecule has 1 saturated carbocycles. The zero-order chi connectivity index (χ0) is 20.6. The zero-order valence-electron chi connectivity index (χ0n) is 16.7. The van der Waals surface area contributed by atoms with Gasteiger partial charge in [0.25, 0.3) is 0 Å². The Kier molecular flexibility index (Phi) is 6.22. The van der Waals surface area contributed by atoms with Gasteiger partial charge < -0.3 is 15.4 Å². The SMILES string of the molecule is CC(C)(C)OC(=O)N[C@H]1C[C@@](C)(NC(=O)C(C)(C)c2ccc(Cl)cc2Br)C1. The molecule has 0 aliphatic heterocycles. The number of ether oxygens (including phenoxy) is 1. The number of rotatable bonds is 4. The highest BCUT2D eigenvalue weighted by Crippen LogP contribution is 2.36. The standard InChI is InChI=1S/C20H28BrClN2O3/c1-18(2,3)27-17(26)23-13-10-20(6,11-13)24-16(25)19(4,5)14-8-7-12(22)9-15(14)21/h7-9,13H,10-11H2,1-6H3,(H,23,26)(H,24,25)/t13-,20+. The number of carbonyl (C=O) groups is 2. The summed E-state index contributed by atoms with van der Waals surface area (Å²) in [6, 6.07) is 5.43. The summed E-state index contributed by atoms with van der Waals surface area (Å²) in [6.07, 6.45) is 0.900. The van der Waals surface area contributed by atoms with Gasteiger partial charge in [-0.15, -0.1) is 0 Å². The first kappa shape index (κ1) is 22.0. The summed E-state index contributed by atoms with van der Waals surface area (Å²) < 4.78 is 6.08. The Morgan fingerprint density at radius 3 is 2.33 bits per heavy atom. The fourth-order valence-electron chi connectivity index (χ4n) is 3.26. The van der Waals surface area contributed by atoms with Crippen molar-refractivity contribution in [3.8, 4) is 0 Å². The maximum absolute atomic E-state index is 13.0. The highest BCUT2D eigenvalue weighted by Gasteiger charge is 2.45. The van der Waals surface area contributed by atoms with E-state index in [0.29, 0.717) is 17.9 Å². The molecule has 0 atom stereocenters. The molecule has 1 aliphatic rings. The number of hydrogen-bond donors (Lipinski definition) is 2. The van der Waals surface area contributed by atoms with Gasteiger partial charge in [0.1, 0.15) is 5.60 Å². The molecule has 150 valence electrons. The molecule has 0 aromatic heterocycles. The van der Waals surface area contributed by atoms with E-state index in [1.165, 1.54) is 0 Å². The molecule has 27 heavy (non-hydrogen) atoms. The monoisotopic (exact) mass is 458 g/mol. The second-order valence-electron chi connectivity index (χ2n) is 9.02. The zero-order valence-corrected chi connectivity index (χ0v) is 19.0. The highest BCUT2D eigenvalue weighted by atomic mass is 79.9. The van der Waals surface area contributed by atoms with E-state index < -0.39 is 17.1 Å². The molecule has 1 fully saturated rings. The van der Waals surface area contributed by atoms with Crippen LogP contribution in [0, 0.1) is 0 Å². The molecule has 2 rings (SSSR count). The van der Waals surface area contributed by atoms with Gasteiger partial charge >= 0.3 is 6.09 Å². The molecule has 0 unspecified atom stereocenters. The molecular weight excluding hydrogens is 432 g/mol. The van der Waals surface area contributed by atoms with Crippen molar-refractivity contribution in [2.75, 3.05) is 0 Å². The van der Waals surface area contributed by atoms with Crippen molar-refractivity contribution in [3.05, 3.63) is 33.3 Å². The first-order chi connectivity index (χ1) is 12.2. The van der Waals surface area contributed by atoms with Gasteiger partial charge in [0.15, 0.2) is 0 Å². The van der Waals surface area contributed by atoms with Crippen molar-refractivity contribution in [2.45, 2.75) is 77.0 Å². The van der Waals surface area contributed by atoms with Crippen LogP contribution in [0.3, 0.4) is 0 Å². The first-order valence-electron chi connectivity index (χ1n) is 8.99. The van der Waals surface area contributed by atoms with E-state index in [9.17, 15) is 9.59 Å². The summed E-state index contributed by atoms with van der Waals surface area (Å²) in [6.45, 7) is 11.2. The van der Waals surface area contributed by atoms with Crippen LogP contribution in [0.4, 0.5) is 4.79 Å². The van der Waals surface area contributed by atoms with E-state index in [1.807, 2.05) is 47.6 Å². The van der Waals surface area contributed by atoms with Gasteiger partial charge in [-0.1, -0.05) is 33.6 Å². The largest absolute Gasteiger partial charge is 0.444 e. The number of amides is 2. The van der Waals surface area contributed by atoms with Gasteiger partial charge in [-0.2, -0.15) is 0 Å². The second-order valence-corrected chi connectivity index (χ2v) is 10.3. The summed E-state index contributed by atoms with van der Waals surface area (Å²) in [5.41, 5.74) is -0.736. The van der Waals surface area contributed by atoms with Crippen LogP contribution in [0.15, 0.2) is 22.7 Å². The molecule has 5 nitrogen and oxygen atoms in total. The first-order valence-corrected chi connectivity index (χ1v) is 10.2. The lowest BCUT2D eigenvalue weighted by Gasteiger charge is -2.47. The third kappa shape index (κ3) is 5.61. The molecular formula is C20H28BrClN2O3. The molecule has 1 aliphatic carbocycles. The Bertz CT molecular complexity index is 737. The van der Waals surface area contributed by atoms with Crippen molar-refractivity contribution in [1.82, 2.24) is 10.6 Å². The van der Waals surface area contributed by atoms with Crippen molar-refractivity contribution >= 4 is 39.5 Å². The summed E-state index contributed by atoms with van der Waals surface area (Å²) in [7, 11) is 0. The number of nitrogens with one attached hydrogen (secondary N) is 2. The van der Waals surface area contributed by atoms with Crippen LogP contribution >= 0.6 is 27.5 Å². The smallest absolute Gasteiger partial charge is 0.407 e. The summed E-state index contributed by atoms with van der Waals surface area (Å²) >= 11 is 9.50. The lowest BCUT2D eigenvalue weighted by molar-refractivity contribution is -0.128. The van der Waals surface area contributed by atoms with Crippen molar-refractivity contribution in [1.29, 1.82) is 0 Å². The average Bonchev–Trinajstić information content (AvgIpc) is 2.42. The van der Waals surface area contributed by atoms with Gasteiger partial charge in [-0.3, -0.25) is 4.79 Å². The molecule has 1 aromatic carbocycles. The van der Waals surface area contributed by atoms with Crippen LogP contribution in [-0.2, 0) is 14.9 Å². The van der Waals surface area contributed by atoms with Crippen LogP contribution in [0.5, 0.6) is 0 Å². The lowest BCUT2D eigenvalue weighted by atomic mass is 9.72. The predicted molar refractivity (Wildman–Crippen MR) is 111 cm³/mol. The third-order valence-corrected chi connectivity index (χ3v) is 5.59. The highest BCUT2D eigenvalue weighted by molar-refractivity contribution is 9.10. The molecule has 0 bridgehead atoms. The van der Waals surface area contributed by atoms with Crippen molar-refractivity contribution < 1.29 is 14.3 Å². The van der Waals surface area contributed by atoms with Gasteiger partial charge in [-0.25, -0.2) is 4.79 Å². The molecule has 0 heterocycles. The Balaban J connectivity index is 1.95. The van der Waals surface area contributed by atoms with Crippen LogP contribution in [0.2, 0.25) is 5.02 Å². The lowest BCUT2D eigenvalue weighted by Crippen LogP contribution is -2.64. The van der Waals surface area contributed by atoms with Crippen LogP contribution < -0.4 is 10.6 Å². The molecule has 2 amide bonds. The Morgan fingerprint density at radius 1 is 1.22 bits per heavy atom. The molecule has 7 heteroatoms. The molecule has 0 radical (unpaired) electrons. The average molecular weight is 460 g/mol. The van der Waals surface area contributed by atoms with Crippen LogP contribution in [0.1, 0.15) is 59.9 Å². The Hall–Kier alpha value is -1.27. The molecule has 2 N–H and O–H groups in total. The number of carbonyl (C=O) groups excluding carboxylic acids is 2. The van der Waals surface area contributed by atoms with Crippen molar-refractivity contribution in [2.24, 2.45) is 0 Å².